The van der Waals surface area contributed by atoms with Crippen LogP contribution in [0, 0.1) is 17.3 Å². The van der Waals surface area contributed by atoms with E-state index in [2.05, 4.69) is 25.7 Å². The first kappa shape index (κ1) is 15.3. The summed E-state index contributed by atoms with van der Waals surface area (Å²) in [6, 6.07) is 0.461. The van der Waals surface area contributed by atoms with E-state index in [0.717, 1.165) is 11.8 Å². The van der Waals surface area contributed by atoms with Crippen molar-refractivity contribution in [1.29, 1.82) is 0 Å². The van der Waals surface area contributed by atoms with Gasteiger partial charge in [0.2, 0.25) is 0 Å². The molecule has 2 rings (SSSR count). The summed E-state index contributed by atoms with van der Waals surface area (Å²) in [6.45, 7) is 11.0. The minimum Gasteiger partial charge on any atom is -0.327 e. The highest BCUT2D eigenvalue weighted by atomic mass is 15.1. The van der Waals surface area contributed by atoms with Crippen molar-refractivity contribution in [3.63, 3.8) is 0 Å². The van der Waals surface area contributed by atoms with Crippen LogP contribution in [0.15, 0.2) is 0 Å². The van der Waals surface area contributed by atoms with Crippen LogP contribution in [0.2, 0.25) is 0 Å². The molecule has 0 radical (unpaired) electrons. The molecular weight excluding hydrogens is 232 g/mol. The van der Waals surface area contributed by atoms with Gasteiger partial charge in [0.05, 0.1) is 0 Å². The second-order valence-corrected chi connectivity index (χ2v) is 8.00. The van der Waals surface area contributed by atoms with E-state index in [4.69, 9.17) is 5.73 Å². The first-order valence-corrected chi connectivity index (χ1v) is 8.45. The van der Waals surface area contributed by atoms with Crippen molar-refractivity contribution in [1.82, 2.24) is 4.90 Å². The number of rotatable bonds is 2. The van der Waals surface area contributed by atoms with Gasteiger partial charge in [-0.2, -0.15) is 0 Å². The summed E-state index contributed by atoms with van der Waals surface area (Å²) in [5, 5.41) is 0. The fourth-order valence-corrected chi connectivity index (χ4v) is 3.95. The third-order valence-corrected chi connectivity index (χ3v) is 5.52. The minimum atomic E-state index is 0.461. The normalized spacial score (nSPS) is 32.2. The maximum absolute atomic E-state index is 6.37. The first-order valence-electron chi connectivity index (χ1n) is 8.45. The molecule has 2 aliphatic rings. The van der Waals surface area contributed by atoms with E-state index in [9.17, 15) is 0 Å². The predicted octanol–water partition coefficient (Wildman–Crippen LogP) is 3.65. The SMILES string of the molecule is CC(C)(C)C1CCN(CC2CCCCCC2N)CC1. The molecular formula is C17H34N2. The third-order valence-electron chi connectivity index (χ3n) is 5.52. The molecule has 2 nitrogen and oxygen atoms in total. The topological polar surface area (TPSA) is 29.3 Å². The van der Waals surface area contributed by atoms with Crippen molar-refractivity contribution in [2.75, 3.05) is 19.6 Å². The van der Waals surface area contributed by atoms with Crippen molar-refractivity contribution in [2.24, 2.45) is 23.0 Å². The average molecular weight is 266 g/mol. The molecule has 0 aromatic rings. The highest BCUT2D eigenvalue weighted by Gasteiger charge is 2.30. The Hall–Kier alpha value is -0.0800. The van der Waals surface area contributed by atoms with E-state index in [-0.39, 0.29) is 0 Å². The van der Waals surface area contributed by atoms with Gasteiger partial charge >= 0.3 is 0 Å². The predicted molar refractivity (Wildman–Crippen MR) is 83.2 cm³/mol. The first-order chi connectivity index (χ1) is 8.97. The van der Waals surface area contributed by atoms with E-state index in [1.54, 1.807) is 0 Å². The smallest absolute Gasteiger partial charge is 0.00793 e. The summed E-state index contributed by atoms with van der Waals surface area (Å²) in [5.74, 6) is 1.67. The van der Waals surface area contributed by atoms with Gasteiger partial charge in [-0.25, -0.2) is 0 Å². The van der Waals surface area contributed by atoms with Crippen LogP contribution in [0.1, 0.15) is 65.7 Å². The summed E-state index contributed by atoms with van der Waals surface area (Å²) >= 11 is 0. The largest absolute Gasteiger partial charge is 0.327 e. The monoisotopic (exact) mass is 266 g/mol. The summed E-state index contributed by atoms with van der Waals surface area (Å²) in [4.78, 5) is 2.69. The van der Waals surface area contributed by atoms with Crippen LogP contribution in [-0.4, -0.2) is 30.6 Å². The summed E-state index contributed by atoms with van der Waals surface area (Å²) < 4.78 is 0. The van der Waals surface area contributed by atoms with Crippen LogP contribution >= 0.6 is 0 Å². The van der Waals surface area contributed by atoms with Crippen LogP contribution in [0.4, 0.5) is 0 Å². The molecule has 1 aliphatic carbocycles. The van der Waals surface area contributed by atoms with Gasteiger partial charge in [0.15, 0.2) is 0 Å². The Kier molecular flexibility index (Phi) is 5.30. The molecule has 0 bridgehead atoms. The lowest BCUT2D eigenvalue weighted by Crippen LogP contribution is -2.43. The van der Waals surface area contributed by atoms with Crippen LogP contribution in [-0.2, 0) is 0 Å². The average Bonchev–Trinajstić information content (AvgIpc) is 2.55. The van der Waals surface area contributed by atoms with Gasteiger partial charge < -0.3 is 10.6 Å². The van der Waals surface area contributed by atoms with Gasteiger partial charge in [0.1, 0.15) is 0 Å². The lowest BCUT2D eigenvalue weighted by atomic mass is 9.75. The Morgan fingerprint density at radius 3 is 2.21 bits per heavy atom. The molecule has 1 saturated heterocycles. The Morgan fingerprint density at radius 2 is 1.58 bits per heavy atom. The van der Waals surface area contributed by atoms with Gasteiger partial charge in [0.25, 0.3) is 0 Å². The lowest BCUT2D eigenvalue weighted by molar-refractivity contribution is 0.0958. The van der Waals surface area contributed by atoms with Gasteiger partial charge in [-0.15, -0.1) is 0 Å². The molecule has 0 aromatic heterocycles. The molecule has 1 saturated carbocycles. The third kappa shape index (κ3) is 4.46. The van der Waals surface area contributed by atoms with Crippen molar-refractivity contribution < 1.29 is 0 Å². The fraction of sp³-hybridized carbons (Fsp3) is 1.00. The van der Waals surface area contributed by atoms with E-state index < -0.39 is 0 Å². The Morgan fingerprint density at radius 1 is 0.947 bits per heavy atom. The van der Waals surface area contributed by atoms with Gasteiger partial charge in [-0.1, -0.05) is 40.0 Å². The molecule has 19 heavy (non-hydrogen) atoms. The molecule has 2 unspecified atom stereocenters. The maximum Gasteiger partial charge on any atom is 0.00793 e. The van der Waals surface area contributed by atoms with Crippen molar-refractivity contribution in [3.8, 4) is 0 Å². The van der Waals surface area contributed by atoms with Crippen LogP contribution in [0.5, 0.6) is 0 Å². The molecule has 2 N–H and O–H groups in total. The van der Waals surface area contributed by atoms with Crippen molar-refractivity contribution >= 4 is 0 Å². The quantitative estimate of drug-likeness (QED) is 0.773. The lowest BCUT2D eigenvalue weighted by Gasteiger charge is -2.40. The zero-order valence-corrected chi connectivity index (χ0v) is 13.3. The van der Waals surface area contributed by atoms with Crippen molar-refractivity contribution in [3.05, 3.63) is 0 Å². The molecule has 112 valence electrons. The Labute approximate surface area is 120 Å². The van der Waals surface area contributed by atoms with E-state index in [1.165, 1.54) is 64.6 Å². The Balaban J connectivity index is 1.78. The van der Waals surface area contributed by atoms with E-state index in [1.807, 2.05) is 0 Å². The van der Waals surface area contributed by atoms with Crippen LogP contribution in [0.25, 0.3) is 0 Å². The second kappa shape index (κ2) is 6.58. The number of likely N-dealkylation sites (tertiary alicyclic amines) is 1. The van der Waals surface area contributed by atoms with Gasteiger partial charge in [-0.05, 0) is 56.0 Å². The molecule has 0 spiro atoms. The van der Waals surface area contributed by atoms with Gasteiger partial charge in [0, 0.05) is 12.6 Å². The van der Waals surface area contributed by atoms with Crippen LogP contribution in [0.3, 0.4) is 0 Å². The second-order valence-electron chi connectivity index (χ2n) is 8.00. The van der Waals surface area contributed by atoms with Crippen LogP contribution < -0.4 is 5.73 Å². The molecule has 1 aliphatic heterocycles. The van der Waals surface area contributed by atoms with E-state index in [0.29, 0.717) is 11.5 Å². The number of hydrogen-bond acceptors (Lipinski definition) is 2. The molecule has 0 aromatic carbocycles. The molecule has 0 amide bonds. The summed E-state index contributed by atoms with van der Waals surface area (Å²) in [6.07, 6.45) is 9.53. The van der Waals surface area contributed by atoms with Crippen molar-refractivity contribution in [2.45, 2.75) is 71.8 Å². The Bertz CT molecular complexity index is 261. The highest BCUT2D eigenvalue weighted by Crippen LogP contribution is 2.34. The summed E-state index contributed by atoms with van der Waals surface area (Å²) in [7, 11) is 0. The number of nitrogens with two attached hydrogens (primary N) is 1. The molecule has 2 fully saturated rings. The standard InChI is InChI=1S/C17H34N2/c1-17(2,3)15-9-11-19(12-10-15)13-14-7-5-4-6-8-16(14)18/h14-16H,4-13,18H2,1-3H3. The fourth-order valence-electron chi connectivity index (χ4n) is 3.95. The zero-order chi connectivity index (χ0) is 13.9. The minimum absolute atomic E-state index is 0.461. The highest BCUT2D eigenvalue weighted by molar-refractivity contribution is 4.84. The zero-order valence-electron chi connectivity index (χ0n) is 13.3. The molecule has 1 heterocycles. The molecule has 2 heteroatoms. The summed E-state index contributed by atoms with van der Waals surface area (Å²) in [5.41, 5.74) is 6.86. The number of nitrogens with zero attached hydrogens (tertiary/aromatic N) is 1. The van der Waals surface area contributed by atoms with E-state index >= 15 is 0 Å². The van der Waals surface area contributed by atoms with Gasteiger partial charge in [-0.3, -0.25) is 0 Å². The number of hydrogen-bond donors (Lipinski definition) is 1. The number of piperidine rings is 1. The molecule has 2 atom stereocenters. The maximum atomic E-state index is 6.37.